The Morgan fingerprint density at radius 1 is 1.06 bits per heavy atom. The molecule has 0 bridgehead atoms. The normalized spacial score (nSPS) is 11.1. The van der Waals surface area contributed by atoms with E-state index in [9.17, 15) is 14.7 Å². The molecule has 0 amide bonds. The van der Waals surface area contributed by atoms with Gasteiger partial charge in [-0.25, -0.2) is 9.59 Å². The molecule has 0 aliphatic heterocycles. The highest BCUT2D eigenvalue weighted by Gasteiger charge is 2.19. The molecular weight excluding hydrogens is 436 g/mol. The third kappa shape index (κ3) is 3.83. The van der Waals surface area contributed by atoms with Gasteiger partial charge in [-0.3, -0.25) is 4.57 Å². The van der Waals surface area contributed by atoms with Crippen LogP contribution in [0, 0.1) is 0 Å². The molecule has 1 N–H and O–H groups in total. The van der Waals surface area contributed by atoms with Crippen molar-refractivity contribution in [3.63, 3.8) is 0 Å². The number of hydrogen-bond donors (Lipinski definition) is 1. The number of hydrogen-bond acceptors (Lipinski definition) is 6. The lowest BCUT2D eigenvalue weighted by Gasteiger charge is -2.12. The number of rotatable bonds is 7. The first-order valence-electron chi connectivity index (χ1n) is 10.6. The van der Waals surface area contributed by atoms with Gasteiger partial charge >= 0.3 is 11.7 Å². The molecule has 0 atom stereocenters. The molecule has 34 heavy (non-hydrogen) atoms. The highest BCUT2D eigenvalue weighted by molar-refractivity contribution is 6.01. The summed E-state index contributed by atoms with van der Waals surface area (Å²) in [7, 11) is 0. The fraction of sp³-hybridized carbons (Fsp3) is 0.120. The first-order valence-corrected chi connectivity index (χ1v) is 10.6. The van der Waals surface area contributed by atoms with Gasteiger partial charge in [-0.1, -0.05) is 48.5 Å². The summed E-state index contributed by atoms with van der Waals surface area (Å²) >= 11 is 0. The predicted octanol–water partition coefficient (Wildman–Crippen LogP) is 3.99. The molecule has 9 nitrogen and oxygen atoms in total. The molecule has 0 unspecified atom stereocenters. The van der Waals surface area contributed by atoms with Crippen LogP contribution in [-0.4, -0.2) is 37.0 Å². The van der Waals surface area contributed by atoms with Gasteiger partial charge in [-0.2, -0.15) is 14.7 Å². The van der Waals surface area contributed by atoms with Crippen molar-refractivity contribution in [2.45, 2.75) is 13.5 Å². The number of fused-ring (bicyclic) bond motifs is 1. The highest BCUT2D eigenvalue weighted by atomic mass is 16.5. The molecule has 0 fully saturated rings. The topological polar surface area (TPSA) is 112 Å². The molecule has 2 aromatic heterocycles. The van der Waals surface area contributed by atoms with Crippen molar-refractivity contribution >= 4 is 17.0 Å². The smallest absolute Gasteiger partial charge is 0.459 e. The fourth-order valence-electron chi connectivity index (χ4n) is 3.95. The van der Waals surface area contributed by atoms with Gasteiger partial charge in [0.2, 0.25) is 0 Å². The van der Waals surface area contributed by atoms with Gasteiger partial charge in [0.05, 0.1) is 35.4 Å². The molecule has 5 aromatic rings. The molecule has 9 heteroatoms. The van der Waals surface area contributed by atoms with Crippen LogP contribution in [0.4, 0.5) is 0 Å². The number of carboxylic acid groups (broad SMARTS) is 1. The molecule has 0 aliphatic rings. The number of nitrogens with zero attached hydrogens (tertiary/aromatic N) is 4. The van der Waals surface area contributed by atoms with Gasteiger partial charge in [-0.15, -0.1) is 0 Å². The Balaban J connectivity index is 1.53. The van der Waals surface area contributed by atoms with Crippen molar-refractivity contribution in [1.82, 2.24) is 19.3 Å². The van der Waals surface area contributed by atoms with Crippen LogP contribution in [-0.2, 0) is 6.54 Å². The minimum Gasteiger partial charge on any atom is -0.478 e. The van der Waals surface area contributed by atoms with E-state index < -0.39 is 11.7 Å². The first kappa shape index (κ1) is 21.2. The largest absolute Gasteiger partial charge is 0.478 e. The standard InChI is InChI=1S/C25H20N4O5/c1-2-33-24-27-20-8-5-7-19(23(30)31)22(20)28(24)14-16-10-12-17(13-11-16)18-6-3-4-9-21(18)29-15-26-25(32)34-29/h3-13,15H,2,14H2,1H3,(H,30,31). The number of carbonyl (C=O) groups is 1. The van der Waals surface area contributed by atoms with Crippen molar-refractivity contribution in [2.75, 3.05) is 6.61 Å². The molecule has 5 rings (SSSR count). The first-order chi connectivity index (χ1) is 16.5. The Labute approximate surface area is 193 Å². The molecule has 0 aliphatic carbocycles. The van der Waals surface area contributed by atoms with Gasteiger partial charge in [-0.05, 0) is 36.2 Å². The number of imidazole rings is 1. The zero-order chi connectivity index (χ0) is 23.7. The van der Waals surface area contributed by atoms with E-state index in [1.165, 1.54) is 11.1 Å². The quantitative estimate of drug-likeness (QED) is 0.394. The van der Waals surface area contributed by atoms with Crippen molar-refractivity contribution in [1.29, 1.82) is 0 Å². The number of aromatic carboxylic acids is 1. The Morgan fingerprint density at radius 2 is 1.85 bits per heavy atom. The monoisotopic (exact) mass is 456 g/mol. The fourth-order valence-corrected chi connectivity index (χ4v) is 3.95. The van der Waals surface area contributed by atoms with Crippen molar-refractivity contribution < 1.29 is 19.2 Å². The number of ether oxygens (including phenoxy) is 1. The van der Waals surface area contributed by atoms with Crippen molar-refractivity contribution in [2.24, 2.45) is 0 Å². The minimum atomic E-state index is -1.02. The zero-order valence-electron chi connectivity index (χ0n) is 18.2. The second-order valence-corrected chi connectivity index (χ2v) is 7.53. The van der Waals surface area contributed by atoms with Gasteiger partial charge < -0.3 is 14.4 Å². The lowest BCUT2D eigenvalue weighted by molar-refractivity contribution is 0.0698. The molecule has 2 heterocycles. The van der Waals surface area contributed by atoms with E-state index in [-0.39, 0.29) is 5.56 Å². The highest BCUT2D eigenvalue weighted by Crippen LogP contribution is 2.29. The maximum Gasteiger partial charge on any atom is 0.459 e. The van der Waals surface area contributed by atoms with E-state index in [1.54, 1.807) is 22.8 Å². The summed E-state index contributed by atoms with van der Waals surface area (Å²) in [5.41, 5.74) is 4.67. The zero-order valence-corrected chi connectivity index (χ0v) is 18.2. The van der Waals surface area contributed by atoms with Crippen LogP contribution in [0.3, 0.4) is 0 Å². The molecule has 0 spiro atoms. The third-order valence-electron chi connectivity index (χ3n) is 5.43. The van der Waals surface area contributed by atoms with Crippen LogP contribution in [0.25, 0.3) is 27.8 Å². The summed E-state index contributed by atoms with van der Waals surface area (Å²) in [4.78, 5) is 31.3. The molecule has 0 saturated heterocycles. The van der Waals surface area contributed by atoms with Gasteiger partial charge in [0.1, 0.15) is 6.33 Å². The second kappa shape index (κ2) is 8.70. The minimum absolute atomic E-state index is 0.170. The molecule has 170 valence electrons. The SMILES string of the molecule is CCOc1nc2cccc(C(=O)O)c2n1Cc1ccc(-c2ccccc2-n2cnc(=O)o2)cc1. The third-order valence-corrected chi connectivity index (χ3v) is 5.43. The number of benzene rings is 3. The lowest BCUT2D eigenvalue weighted by atomic mass is 10.0. The Hall–Kier alpha value is -4.66. The van der Waals surface area contributed by atoms with E-state index in [1.807, 2.05) is 55.5 Å². The van der Waals surface area contributed by atoms with E-state index >= 15 is 0 Å². The number of para-hydroxylation sites is 2. The van der Waals surface area contributed by atoms with Crippen LogP contribution >= 0.6 is 0 Å². The Bertz CT molecular complexity index is 1550. The van der Waals surface area contributed by atoms with Crippen LogP contribution in [0.15, 0.2) is 82.4 Å². The van der Waals surface area contributed by atoms with Gasteiger partial charge in [0, 0.05) is 5.56 Å². The van der Waals surface area contributed by atoms with Crippen LogP contribution in [0.5, 0.6) is 6.01 Å². The van der Waals surface area contributed by atoms with E-state index in [4.69, 9.17) is 9.26 Å². The van der Waals surface area contributed by atoms with Crippen LogP contribution < -0.4 is 10.5 Å². The predicted molar refractivity (Wildman–Crippen MR) is 124 cm³/mol. The lowest BCUT2D eigenvalue weighted by Crippen LogP contribution is -2.08. The molecule has 0 saturated carbocycles. The molecule has 3 aromatic carbocycles. The van der Waals surface area contributed by atoms with E-state index in [0.29, 0.717) is 35.9 Å². The van der Waals surface area contributed by atoms with Gasteiger partial charge in [0.25, 0.3) is 6.01 Å². The average Bonchev–Trinajstić information content (AvgIpc) is 3.43. The van der Waals surface area contributed by atoms with E-state index in [2.05, 4.69) is 9.97 Å². The summed E-state index contributed by atoms with van der Waals surface area (Å²) < 4.78 is 13.9. The Kier molecular flexibility index (Phi) is 5.43. The second-order valence-electron chi connectivity index (χ2n) is 7.53. The summed E-state index contributed by atoms with van der Waals surface area (Å²) in [6, 6.07) is 20.7. The summed E-state index contributed by atoms with van der Waals surface area (Å²) in [6.45, 7) is 2.65. The summed E-state index contributed by atoms with van der Waals surface area (Å²) in [5.74, 6) is -1.68. The number of aromatic nitrogens is 4. The molecule has 0 radical (unpaired) electrons. The maximum absolute atomic E-state index is 11.8. The molecular formula is C25H20N4O5. The van der Waals surface area contributed by atoms with Crippen molar-refractivity contribution in [3.05, 3.63) is 94.7 Å². The van der Waals surface area contributed by atoms with E-state index in [0.717, 1.165) is 16.7 Å². The summed E-state index contributed by atoms with van der Waals surface area (Å²) in [5, 5.41) is 9.68. The maximum atomic E-state index is 11.8. The number of carboxylic acids is 1. The average molecular weight is 456 g/mol. The Morgan fingerprint density at radius 3 is 2.56 bits per heavy atom. The van der Waals surface area contributed by atoms with Gasteiger partial charge in [0.15, 0.2) is 0 Å². The summed E-state index contributed by atoms with van der Waals surface area (Å²) in [6.07, 6.45) is 1.34. The van der Waals surface area contributed by atoms with Crippen LogP contribution in [0.1, 0.15) is 22.8 Å². The van der Waals surface area contributed by atoms with Crippen LogP contribution in [0.2, 0.25) is 0 Å². The van der Waals surface area contributed by atoms with Crippen molar-refractivity contribution in [3.8, 4) is 22.8 Å².